The molecule has 1 atom stereocenters. The SMILES string of the molecule is CCOC(OCC)c1cc2cnc(Cl)nc2n1CC(CC)OC(N)=O. The van der Waals surface area contributed by atoms with Gasteiger partial charge >= 0.3 is 6.09 Å². The summed E-state index contributed by atoms with van der Waals surface area (Å²) in [5.74, 6) is 0. The Labute approximate surface area is 151 Å². The van der Waals surface area contributed by atoms with Gasteiger partial charge in [-0.2, -0.15) is 4.98 Å². The van der Waals surface area contributed by atoms with Gasteiger partial charge in [-0.15, -0.1) is 0 Å². The first kappa shape index (κ1) is 19.4. The number of fused-ring (bicyclic) bond motifs is 1. The van der Waals surface area contributed by atoms with E-state index in [-0.39, 0.29) is 5.28 Å². The van der Waals surface area contributed by atoms with Crippen LogP contribution in [0.15, 0.2) is 12.3 Å². The van der Waals surface area contributed by atoms with E-state index in [1.54, 1.807) is 6.20 Å². The summed E-state index contributed by atoms with van der Waals surface area (Å²) in [6, 6.07) is 1.89. The summed E-state index contributed by atoms with van der Waals surface area (Å²) in [7, 11) is 0. The molecule has 0 bridgehead atoms. The Morgan fingerprint density at radius 1 is 1.32 bits per heavy atom. The number of carbonyl (C=O) groups is 1. The number of carbonyl (C=O) groups excluding carboxylic acids is 1. The molecule has 2 heterocycles. The predicted molar refractivity (Wildman–Crippen MR) is 93.3 cm³/mol. The fraction of sp³-hybridized carbons (Fsp3) is 0.562. The summed E-state index contributed by atoms with van der Waals surface area (Å²) in [6.45, 7) is 6.99. The maximum Gasteiger partial charge on any atom is 0.404 e. The number of rotatable bonds is 9. The van der Waals surface area contributed by atoms with Crippen molar-refractivity contribution in [1.82, 2.24) is 14.5 Å². The van der Waals surface area contributed by atoms with Crippen molar-refractivity contribution in [3.05, 3.63) is 23.2 Å². The van der Waals surface area contributed by atoms with E-state index in [1.165, 1.54) is 0 Å². The van der Waals surface area contributed by atoms with Crippen LogP contribution in [0.4, 0.5) is 4.79 Å². The molecule has 0 aliphatic heterocycles. The lowest BCUT2D eigenvalue weighted by molar-refractivity contribution is -0.144. The summed E-state index contributed by atoms with van der Waals surface area (Å²) < 4.78 is 18.5. The topological polar surface area (TPSA) is 101 Å². The number of nitrogens with zero attached hydrogens (tertiary/aromatic N) is 3. The third kappa shape index (κ3) is 4.81. The molecule has 0 radical (unpaired) electrons. The first-order chi connectivity index (χ1) is 12.0. The van der Waals surface area contributed by atoms with Crippen LogP contribution in [0.1, 0.15) is 39.2 Å². The predicted octanol–water partition coefficient (Wildman–Crippen LogP) is 3.03. The van der Waals surface area contributed by atoms with Crippen molar-refractivity contribution < 1.29 is 19.0 Å². The highest BCUT2D eigenvalue weighted by Crippen LogP contribution is 2.28. The van der Waals surface area contributed by atoms with Crippen molar-refractivity contribution in [2.45, 2.75) is 46.1 Å². The molecule has 0 aliphatic rings. The lowest BCUT2D eigenvalue weighted by Gasteiger charge is -2.22. The number of primary amides is 1. The Balaban J connectivity index is 2.50. The molecule has 0 fully saturated rings. The van der Waals surface area contributed by atoms with Crippen molar-refractivity contribution in [1.29, 1.82) is 0 Å². The molecule has 138 valence electrons. The van der Waals surface area contributed by atoms with Gasteiger partial charge in [0.25, 0.3) is 0 Å². The summed E-state index contributed by atoms with van der Waals surface area (Å²) in [5.41, 5.74) is 6.53. The van der Waals surface area contributed by atoms with Crippen molar-refractivity contribution in [3.8, 4) is 0 Å². The van der Waals surface area contributed by atoms with E-state index in [4.69, 9.17) is 31.5 Å². The molecule has 0 spiro atoms. The fourth-order valence-electron chi connectivity index (χ4n) is 2.57. The second-order valence-corrected chi connectivity index (χ2v) is 5.65. The molecule has 0 aromatic carbocycles. The maximum absolute atomic E-state index is 11.1. The van der Waals surface area contributed by atoms with Crippen LogP contribution in [0.2, 0.25) is 5.28 Å². The quantitative estimate of drug-likeness (QED) is 0.537. The molecule has 25 heavy (non-hydrogen) atoms. The van der Waals surface area contributed by atoms with Gasteiger partial charge in [0, 0.05) is 24.8 Å². The molecule has 0 saturated carbocycles. The molecule has 1 amide bonds. The minimum atomic E-state index is -0.816. The van der Waals surface area contributed by atoms with Gasteiger partial charge in [0.05, 0.1) is 12.2 Å². The Bertz CT molecular complexity index is 715. The summed E-state index contributed by atoms with van der Waals surface area (Å²) >= 11 is 5.95. The zero-order valence-corrected chi connectivity index (χ0v) is 15.3. The number of aromatic nitrogens is 3. The molecule has 0 aliphatic carbocycles. The molecular weight excluding hydrogens is 348 g/mol. The third-order valence-electron chi connectivity index (χ3n) is 3.64. The Morgan fingerprint density at radius 3 is 2.56 bits per heavy atom. The van der Waals surface area contributed by atoms with Crippen LogP contribution in [-0.4, -0.2) is 39.9 Å². The van der Waals surface area contributed by atoms with E-state index in [0.29, 0.717) is 31.8 Å². The van der Waals surface area contributed by atoms with E-state index < -0.39 is 18.5 Å². The van der Waals surface area contributed by atoms with Crippen LogP contribution in [0.5, 0.6) is 0 Å². The molecule has 8 nitrogen and oxygen atoms in total. The molecule has 2 rings (SSSR count). The van der Waals surface area contributed by atoms with Crippen LogP contribution in [0, 0.1) is 0 Å². The van der Waals surface area contributed by atoms with Crippen molar-refractivity contribution >= 4 is 28.7 Å². The molecular formula is C16H23ClN4O4. The number of hydrogen-bond acceptors (Lipinski definition) is 6. The van der Waals surface area contributed by atoms with Gasteiger partial charge < -0.3 is 24.5 Å². The van der Waals surface area contributed by atoms with Gasteiger partial charge in [0.2, 0.25) is 5.28 Å². The van der Waals surface area contributed by atoms with Gasteiger partial charge in [0.1, 0.15) is 11.8 Å². The number of nitrogens with two attached hydrogens (primary N) is 1. The van der Waals surface area contributed by atoms with Crippen LogP contribution in [-0.2, 0) is 20.8 Å². The largest absolute Gasteiger partial charge is 0.445 e. The highest BCUT2D eigenvalue weighted by molar-refractivity contribution is 6.28. The molecule has 9 heteroatoms. The molecule has 0 saturated heterocycles. The molecule has 2 aromatic rings. The summed E-state index contributed by atoms with van der Waals surface area (Å²) in [5, 5.41) is 0.921. The van der Waals surface area contributed by atoms with E-state index in [2.05, 4.69) is 9.97 Å². The van der Waals surface area contributed by atoms with E-state index >= 15 is 0 Å². The Hall–Kier alpha value is -1.90. The summed E-state index contributed by atoms with van der Waals surface area (Å²) in [6.07, 6.45) is 0.423. The number of ether oxygens (including phenoxy) is 3. The summed E-state index contributed by atoms with van der Waals surface area (Å²) in [4.78, 5) is 19.4. The van der Waals surface area contributed by atoms with Crippen molar-refractivity contribution in [3.63, 3.8) is 0 Å². The second kappa shape index (κ2) is 8.98. The first-order valence-corrected chi connectivity index (χ1v) is 8.58. The number of hydrogen-bond donors (Lipinski definition) is 1. The monoisotopic (exact) mass is 370 g/mol. The van der Waals surface area contributed by atoms with Crippen LogP contribution < -0.4 is 5.73 Å². The third-order valence-corrected chi connectivity index (χ3v) is 3.82. The minimum Gasteiger partial charge on any atom is -0.445 e. The van der Waals surface area contributed by atoms with Crippen LogP contribution >= 0.6 is 11.6 Å². The number of amides is 1. The van der Waals surface area contributed by atoms with E-state index in [9.17, 15) is 4.79 Å². The highest BCUT2D eigenvalue weighted by atomic mass is 35.5. The zero-order valence-electron chi connectivity index (χ0n) is 14.6. The van der Waals surface area contributed by atoms with Gasteiger partial charge in [-0.05, 0) is 37.9 Å². The minimum absolute atomic E-state index is 0.131. The number of halogens is 1. The standard InChI is InChI=1S/C16H23ClN4O4/c1-4-11(25-16(18)22)9-21-12(14(23-5-2)24-6-3)7-10-8-19-15(17)20-13(10)21/h7-8,11,14H,4-6,9H2,1-3H3,(H2,18,22). The van der Waals surface area contributed by atoms with Gasteiger partial charge in [-0.3, -0.25) is 0 Å². The maximum atomic E-state index is 11.1. The fourth-order valence-corrected chi connectivity index (χ4v) is 2.69. The average Bonchev–Trinajstić information content (AvgIpc) is 2.91. The second-order valence-electron chi connectivity index (χ2n) is 5.31. The molecule has 2 aromatic heterocycles. The van der Waals surface area contributed by atoms with Crippen LogP contribution in [0.25, 0.3) is 11.0 Å². The van der Waals surface area contributed by atoms with E-state index in [0.717, 1.165) is 11.1 Å². The smallest absolute Gasteiger partial charge is 0.404 e. The highest BCUT2D eigenvalue weighted by Gasteiger charge is 2.23. The average molecular weight is 371 g/mol. The van der Waals surface area contributed by atoms with E-state index in [1.807, 2.05) is 31.4 Å². The first-order valence-electron chi connectivity index (χ1n) is 8.21. The molecule has 2 N–H and O–H groups in total. The van der Waals surface area contributed by atoms with Gasteiger partial charge in [-0.25, -0.2) is 9.78 Å². The lowest BCUT2D eigenvalue weighted by atomic mass is 10.2. The Kier molecular flexibility index (Phi) is 6.98. The lowest BCUT2D eigenvalue weighted by Crippen LogP contribution is -2.27. The van der Waals surface area contributed by atoms with Crippen LogP contribution in [0.3, 0.4) is 0 Å². The molecule has 1 unspecified atom stereocenters. The zero-order chi connectivity index (χ0) is 18.4. The normalized spacial score (nSPS) is 12.7. The van der Waals surface area contributed by atoms with Crippen molar-refractivity contribution in [2.75, 3.05) is 13.2 Å². The van der Waals surface area contributed by atoms with Gasteiger partial charge in [0.15, 0.2) is 6.29 Å². The van der Waals surface area contributed by atoms with Gasteiger partial charge in [-0.1, -0.05) is 6.92 Å². The Morgan fingerprint density at radius 2 is 2.00 bits per heavy atom. The van der Waals surface area contributed by atoms with Crippen molar-refractivity contribution in [2.24, 2.45) is 5.73 Å².